The lowest BCUT2D eigenvalue weighted by molar-refractivity contribution is -0.384. The van der Waals surface area contributed by atoms with E-state index in [0.29, 0.717) is 12.2 Å². The van der Waals surface area contributed by atoms with E-state index in [2.05, 4.69) is 5.32 Å². The maximum atomic E-state index is 12.5. The Morgan fingerprint density at radius 1 is 1.17 bits per heavy atom. The summed E-state index contributed by atoms with van der Waals surface area (Å²) in [6, 6.07) is 15.2. The zero-order chi connectivity index (χ0) is 16.8. The fourth-order valence-electron chi connectivity index (χ4n) is 2.29. The molecule has 0 radical (unpaired) electrons. The quantitative estimate of drug-likeness (QED) is 0.672. The number of carbonyl (C=O) groups is 1. The second kappa shape index (κ2) is 7.40. The maximum Gasteiger partial charge on any atom is 0.322 e. The summed E-state index contributed by atoms with van der Waals surface area (Å²) >= 11 is 0. The van der Waals surface area contributed by atoms with Crippen molar-refractivity contribution in [3.63, 3.8) is 0 Å². The topological polar surface area (TPSA) is 75.5 Å². The molecule has 2 aromatic rings. The van der Waals surface area contributed by atoms with Crippen LogP contribution in [0.4, 0.5) is 16.2 Å². The number of nitrogens with zero attached hydrogens (tertiary/aromatic N) is 2. The fraction of sp³-hybridized carbons (Fsp3) is 0.235. The van der Waals surface area contributed by atoms with E-state index in [-0.39, 0.29) is 17.8 Å². The van der Waals surface area contributed by atoms with Crippen LogP contribution in [0.25, 0.3) is 0 Å². The summed E-state index contributed by atoms with van der Waals surface area (Å²) in [4.78, 5) is 24.2. The monoisotopic (exact) mass is 313 g/mol. The Bertz CT molecular complexity index is 671. The minimum Gasteiger partial charge on any atom is -0.331 e. The lowest BCUT2D eigenvalue weighted by atomic mass is 10.1. The predicted octanol–water partition coefficient (Wildman–Crippen LogP) is 3.89. The first kappa shape index (κ1) is 16.5. The van der Waals surface area contributed by atoms with Crippen LogP contribution in [0.15, 0.2) is 54.6 Å². The summed E-state index contributed by atoms with van der Waals surface area (Å²) in [6.07, 6.45) is 0. The van der Waals surface area contributed by atoms with Crippen molar-refractivity contribution in [2.75, 3.05) is 11.4 Å². The fourth-order valence-corrected chi connectivity index (χ4v) is 2.29. The van der Waals surface area contributed by atoms with E-state index >= 15 is 0 Å². The number of benzene rings is 2. The van der Waals surface area contributed by atoms with E-state index in [1.54, 1.807) is 17.0 Å². The lowest BCUT2D eigenvalue weighted by Gasteiger charge is -2.24. The number of anilines is 1. The molecule has 2 aromatic carbocycles. The van der Waals surface area contributed by atoms with Crippen molar-refractivity contribution in [1.29, 1.82) is 0 Å². The highest BCUT2D eigenvalue weighted by molar-refractivity contribution is 5.92. The predicted molar refractivity (Wildman–Crippen MR) is 89.5 cm³/mol. The largest absolute Gasteiger partial charge is 0.331 e. The Labute approximate surface area is 134 Å². The average molecular weight is 313 g/mol. The van der Waals surface area contributed by atoms with Gasteiger partial charge in [0.1, 0.15) is 0 Å². The summed E-state index contributed by atoms with van der Waals surface area (Å²) in [7, 11) is 0. The number of hydrogen-bond donors (Lipinski definition) is 1. The van der Waals surface area contributed by atoms with Gasteiger partial charge in [-0.3, -0.25) is 15.0 Å². The second-order valence-corrected chi connectivity index (χ2v) is 5.10. The first-order valence-electron chi connectivity index (χ1n) is 7.40. The van der Waals surface area contributed by atoms with Crippen molar-refractivity contribution >= 4 is 17.4 Å². The summed E-state index contributed by atoms with van der Waals surface area (Å²) in [5.74, 6) is 0. The van der Waals surface area contributed by atoms with Crippen LogP contribution >= 0.6 is 0 Å². The number of rotatable bonds is 5. The third-order valence-corrected chi connectivity index (χ3v) is 3.57. The summed E-state index contributed by atoms with van der Waals surface area (Å²) in [5, 5.41) is 13.6. The molecule has 0 aliphatic rings. The van der Waals surface area contributed by atoms with Gasteiger partial charge in [0.2, 0.25) is 0 Å². The summed E-state index contributed by atoms with van der Waals surface area (Å²) in [6.45, 7) is 4.23. The van der Waals surface area contributed by atoms with Gasteiger partial charge in [-0.25, -0.2) is 4.79 Å². The van der Waals surface area contributed by atoms with Gasteiger partial charge in [-0.15, -0.1) is 0 Å². The van der Waals surface area contributed by atoms with Crippen LogP contribution in [0, 0.1) is 10.1 Å². The molecule has 1 N–H and O–H groups in total. The number of hydrogen-bond acceptors (Lipinski definition) is 3. The maximum absolute atomic E-state index is 12.5. The van der Waals surface area contributed by atoms with E-state index in [9.17, 15) is 14.9 Å². The van der Waals surface area contributed by atoms with Crippen molar-refractivity contribution in [2.24, 2.45) is 0 Å². The normalized spacial score (nSPS) is 11.6. The molecule has 0 fully saturated rings. The van der Waals surface area contributed by atoms with Gasteiger partial charge in [0.15, 0.2) is 0 Å². The third kappa shape index (κ3) is 4.06. The number of amides is 2. The van der Waals surface area contributed by atoms with Crippen LogP contribution in [-0.4, -0.2) is 17.5 Å². The van der Waals surface area contributed by atoms with Gasteiger partial charge in [0.25, 0.3) is 5.69 Å². The van der Waals surface area contributed by atoms with Crippen LogP contribution in [0.1, 0.15) is 25.5 Å². The molecular weight excluding hydrogens is 294 g/mol. The Morgan fingerprint density at radius 3 is 2.30 bits per heavy atom. The Morgan fingerprint density at radius 2 is 1.78 bits per heavy atom. The molecule has 6 nitrogen and oxygen atoms in total. The Kier molecular flexibility index (Phi) is 5.30. The number of urea groups is 1. The zero-order valence-electron chi connectivity index (χ0n) is 13.1. The van der Waals surface area contributed by atoms with Gasteiger partial charge in [0.05, 0.1) is 11.0 Å². The van der Waals surface area contributed by atoms with Crippen molar-refractivity contribution in [3.8, 4) is 0 Å². The summed E-state index contributed by atoms with van der Waals surface area (Å²) in [5.41, 5.74) is 1.64. The van der Waals surface area contributed by atoms with Gasteiger partial charge in [-0.2, -0.15) is 0 Å². The molecule has 120 valence electrons. The minimum atomic E-state index is -0.461. The number of non-ortho nitro benzene ring substituents is 1. The molecule has 0 aliphatic carbocycles. The van der Waals surface area contributed by atoms with Crippen molar-refractivity contribution < 1.29 is 9.72 Å². The van der Waals surface area contributed by atoms with E-state index in [1.807, 2.05) is 44.2 Å². The molecular formula is C17H19N3O3. The Hall–Kier alpha value is -2.89. The number of nitro groups is 1. The van der Waals surface area contributed by atoms with Crippen LogP contribution in [0.5, 0.6) is 0 Å². The summed E-state index contributed by atoms with van der Waals surface area (Å²) < 4.78 is 0. The van der Waals surface area contributed by atoms with Gasteiger partial charge in [0, 0.05) is 24.4 Å². The van der Waals surface area contributed by atoms with E-state index in [1.165, 1.54) is 12.1 Å². The third-order valence-electron chi connectivity index (χ3n) is 3.57. The SMILES string of the molecule is CCN(C(=O)N[C@H](C)c1ccccc1)c1ccc([N+](=O)[O-])cc1. The smallest absolute Gasteiger partial charge is 0.322 e. The molecule has 0 saturated heterocycles. The molecule has 0 aromatic heterocycles. The highest BCUT2D eigenvalue weighted by Crippen LogP contribution is 2.20. The standard InChI is InChI=1S/C17H19N3O3/c1-3-19(15-9-11-16(12-10-15)20(22)23)17(21)18-13(2)14-7-5-4-6-8-14/h4-13H,3H2,1-2H3,(H,18,21)/t13-/m1/s1. The number of nitrogens with one attached hydrogen (secondary N) is 1. The molecule has 2 rings (SSSR count). The van der Waals surface area contributed by atoms with Crippen molar-refractivity contribution in [3.05, 3.63) is 70.3 Å². The minimum absolute atomic E-state index is 0.00265. The molecule has 23 heavy (non-hydrogen) atoms. The van der Waals surface area contributed by atoms with E-state index < -0.39 is 4.92 Å². The van der Waals surface area contributed by atoms with E-state index in [0.717, 1.165) is 5.56 Å². The van der Waals surface area contributed by atoms with Crippen molar-refractivity contribution in [2.45, 2.75) is 19.9 Å². The van der Waals surface area contributed by atoms with Crippen molar-refractivity contribution in [1.82, 2.24) is 5.32 Å². The first-order valence-corrected chi connectivity index (χ1v) is 7.40. The Balaban J connectivity index is 2.10. The molecule has 0 unspecified atom stereocenters. The molecule has 6 heteroatoms. The highest BCUT2D eigenvalue weighted by Gasteiger charge is 2.17. The van der Waals surface area contributed by atoms with Crippen LogP contribution in [-0.2, 0) is 0 Å². The molecule has 0 bridgehead atoms. The molecule has 0 spiro atoms. The van der Waals surface area contributed by atoms with E-state index in [4.69, 9.17) is 0 Å². The van der Waals surface area contributed by atoms with Crippen LogP contribution < -0.4 is 10.2 Å². The number of carbonyl (C=O) groups excluding carboxylic acids is 1. The molecule has 0 saturated carbocycles. The van der Waals surface area contributed by atoms with Gasteiger partial charge >= 0.3 is 6.03 Å². The molecule has 0 heterocycles. The first-order chi connectivity index (χ1) is 11.0. The van der Waals surface area contributed by atoms with Crippen LogP contribution in [0.3, 0.4) is 0 Å². The van der Waals surface area contributed by atoms with Gasteiger partial charge in [-0.1, -0.05) is 30.3 Å². The molecule has 0 aliphatic heterocycles. The van der Waals surface area contributed by atoms with Crippen LogP contribution in [0.2, 0.25) is 0 Å². The average Bonchev–Trinajstić information content (AvgIpc) is 2.56. The number of nitro benzene ring substituents is 1. The highest BCUT2D eigenvalue weighted by atomic mass is 16.6. The van der Waals surface area contributed by atoms with Gasteiger partial charge in [-0.05, 0) is 31.5 Å². The lowest BCUT2D eigenvalue weighted by Crippen LogP contribution is -2.41. The molecule has 1 atom stereocenters. The molecule has 2 amide bonds. The zero-order valence-corrected chi connectivity index (χ0v) is 13.1. The second-order valence-electron chi connectivity index (χ2n) is 5.10. The van der Waals surface area contributed by atoms with Gasteiger partial charge < -0.3 is 5.32 Å².